The van der Waals surface area contributed by atoms with Crippen molar-refractivity contribution in [3.05, 3.63) is 77.7 Å². The van der Waals surface area contributed by atoms with E-state index in [4.69, 9.17) is 0 Å². The maximum Gasteiger partial charge on any atom is 0.269 e. The Kier molecular flexibility index (Phi) is 4.65. The highest BCUT2D eigenvalue weighted by molar-refractivity contribution is 7.90. The fourth-order valence-electron chi connectivity index (χ4n) is 3.31. The normalized spacial score (nSPS) is 11.5. The predicted octanol–water partition coefficient (Wildman–Crippen LogP) is 4.08. The summed E-state index contributed by atoms with van der Waals surface area (Å²) in [5.41, 5.74) is 4.16. The summed E-state index contributed by atoms with van der Waals surface area (Å²) in [7, 11) is -3.79. The number of hydrogen-bond donors (Lipinski definition) is 0. The predicted molar refractivity (Wildman–Crippen MR) is 111 cm³/mol. The van der Waals surface area contributed by atoms with Gasteiger partial charge in [-0.3, -0.25) is 0 Å². The molecule has 0 saturated carbocycles. The van der Waals surface area contributed by atoms with Crippen LogP contribution in [0.5, 0.6) is 0 Å². The first-order valence-corrected chi connectivity index (χ1v) is 10.6. The van der Waals surface area contributed by atoms with Gasteiger partial charge < -0.3 is 0 Å². The van der Waals surface area contributed by atoms with Gasteiger partial charge in [-0.1, -0.05) is 36.8 Å². The molecule has 0 atom stereocenters. The Bertz CT molecular complexity index is 1360. The van der Waals surface area contributed by atoms with E-state index in [9.17, 15) is 13.7 Å². The number of rotatable bonds is 4. The van der Waals surface area contributed by atoms with E-state index < -0.39 is 10.0 Å². The molecule has 2 aromatic heterocycles. The molecule has 0 N–H and O–H groups in total. The lowest BCUT2D eigenvalue weighted by Gasteiger charge is -2.09. The molecule has 2 heterocycles. The van der Waals surface area contributed by atoms with Crippen LogP contribution in [0.1, 0.15) is 23.6 Å². The van der Waals surface area contributed by atoms with Crippen LogP contribution in [0.3, 0.4) is 0 Å². The number of fused-ring (bicyclic) bond motifs is 1. The minimum absolute atomic E-state index is 0.194. The van der Waals surface area contributed by atoms with Gasteiger partial charge in [-0.25, -0.2) is 22.4 Å². The van der Waals surface area contributed by atoms with E-state index in [1.54, 1.807) is 36.4 Å². The highest BCUT2D eigenvalue weighted by atomic mass is 32.2. The molecule has 6 nitrogen and oxygen atoms in total. The van der Waals surface area contributed by atoms with Crippen molar-refractivity contribution in [2.45, 2.75) is 25.2 Å². The van der Waals surface area contributed by atoms with Gasteiger partial charge in [0.2, 0.25) is 0 Å². The zero-order valence-electron chi connectivity index (χ0n) is 16.0. The van der Waals surface area contributed by atoms with Gasteiger partial charge in [0.05, 0.1) is 22.2 Å². The summed E-state index contributed by atoms with van der Waals surface area (Å²) in [4.78, 5) is 8.77. The first-order chi connectivity index (χ1) is 14.0. The Morgan fingerprint density at radius 1 is 1.07 bits per heavy atom. The van der Waals surface area contributed by atoms with Gasteiger partial charge in [0, 0.05) is 17.1 Å². The average molecular weight is 402 g/mol. The Morgan fingerprint density at radius 3 is 2.52 bits per heavy atom. The van der Waals surface area contributed by atoms with Gasteiger partial charge in [-0.15, -0.1) is 0 Å². The number of nitriles is 1. The minimum Gasteiger partial charge on any atom is -0.236 e. The summed E-state index contributed by atoms with van der Waals surface area (Å²) in [6, 6.07) is 16.2. The smallest absolute Gasteiger partial charge is 0.236 e. The maximum absolute atomic E-state index is 13.1. The van der Waals surface area contributed by atoms with E-state index in [0.29, 0.717) is 22.3 Å². The molecule has 0 saturated heterocycles. The number of aromatic nitrogens is 3. The van der Waals surface area contributed by atoms with Gasteiger partial charge in [-0.2, -0.15) is 5.26 Å². The van der Waals surface area contributed by atoms with E-state index in [2.05, 4.69) is 16.0 Å². The van der Waals surface area contributed by atoms with Crippen LogP contribution in [-0.2, 0) is 16.4 Å². The highest BCUT2D eigenvalue weighted by Crippen LogP contribution is 2.29. The van der Waals surface area contributed by atoms with Crippen molar-refractivity contribution in [2.75, 3.05) is 0 Å². The number of aryl methyl sites for hydroxylation is 2. The highest BCUT2D eigenvalue weighted by Gasteiger charge is 2.21. The van der Waals surface area contributed by atoms with Crippen molar-refractivity contribution < 1.29 is 8.42 Å². The fraction of sp³-hybridized carbons (Fsp3) is 0.136. The Balaban J connectivity index is 1.89. The van der Waals surface area contributed by atoms with Crippen LogP contribution < -0.4 is 0 Å². The molecule has 4 aromatic rings. The summed E-state index contributed by atoms with van der Waals surface area (Å²) < 4.78 is 27.4. The topological polar surface area (TPSA) is 88.6 Å². The maximum atomic E-state index is 13.1. The summed E-state index contributed by atoms with van der Waals surface area (Å²) >= 11 is 0. The molecule has 144 valence electrons. The van der Waals surface area contributed by atoms with E-state index >= 15 is 0 Å². The van der Waals surface area contributed by atoms with E-state index in [1.165, 1.54) is 16.5 Å². The molecular weight excluding hydrogens is 384 g/mol. The first-order valence-electron chi connectivity index (χ1n) is 9.13. The van der Waals surface area contributed by atoms with Crippen molar-refractivity contribution in [1.29, 1.82) is 5.26 Å². The molecule has 0 aliphatic rings. The van der Waals surface area contributed by atoms with Crippen molar-refractivity contribution >= 4 is 21.1 Å². The molecule has 4 rings (SSSR count). The van der Waals surface area contributed by atoms with Crippen molar-refractivity contribution in [2.24, 2.45) is 0 Å². The molecule has 0 radical (unpaired) electrons. The molecule has 0 aliphatic heterocycles. The van der Waals surface area contributed by atoms with E-state index in [0.717, 1.165) is 23.1 Å². The third-order valence-electron chi connectivity index (χ3n) is 4.91. The number of benzene rings is 2. The largest absolute Gasteiger partial charge is 0.269 e. The molecule has 2 aromatic carbocycles. The Labute approximate surface area is 169 Å². The van der Waals surface area contributed by atoms with Crippen LogP contribution in [0.15, 0.2) is 66.0 Å². The van der Waals surface area contributed by atoms with Crippen LogP contribution >= 0.6 is 0 Å². The number of hydrogen-bond acceptors (Lipinski definition) is 5. The monoisotopic (exact) mass is 402 g/mol. The van der Waals surface area contributed by atoms with Gasteiger partial charge in [0.1, 0.15) is 6.33 Å². The van der Waals surface area contributed by atoms with Crippen molar-refractivity contribution in [1.82, 2.24) is 13.9 Å². The second kappa shape index (κ2) is 7.15. The van der Waals surface area contributed by atoms with Gasteiger partial charge >= 0.3 is 0 Å². The summed E-state index contributed by atoms with van der Waals surface area (Å²) in [5, 5.41) is 10.0. The average Bonchev–Trinajstić information content (AvgIpc) is 3.18. The zero-order valence-corrected chi connectivity index (χ0v) is 16.8. The molecule has 0 aliphatic carbocycles. The Morgan fingerprint density at radius 2 is 1.83 bits per heavy atom. The van der Waals surface area contributed by atoms with Crippen molar-refractivity contribution in [3.63, 3.8) is 0 Å². The van der Waals surface area contributed by atoms with E-state index in [-0.39, 0.29) is 4.90 Å². The lowest BCUT2D eigenvalue weighted by atomic mass is 10.0. The molecular formula is C22H18N4O2S. The molecule has 0 spiro atoms. The molecule has 29 heavy (non-hydrogen) atoms. The summed E-state index contributed by atoms with van der Waals surface area (Å²) in [5.74, 6) is 0. The van der Waals surface area contributed by atoms with Crippen molar-refractivity contribution in [3.8, 4) is 17.3 Å². The van der Waals surface area contributed by atoms with Gasteiger partial charge in [0.15, 0.2) is 5.65 Å². The van der Waals surface area contributed by atoms with Crippen LogP contribution in [0.25, 0.3) is 22.3 Å². The lowest BCUT2D eigenvalue weighted by molar-refractivity contribution is 0.588. The van der Waals surface area contributed by atoms with Crippen LogP contribution in [0.2, 0.25) is 0 Å². The quantitative estimate of drug-likeness (QED) is 0.513. The molecule has 0 bridgehead atoms. The SMILES string of the molecule is CCc1ccc(-c2ncnc3c2ccn3S(=O)(=O)c2ccc(C)cc2)cc1C#N. The standard InChI is InChI=1S/C22H18N4O2S/c1-3-16-6-7-17(12-18(16)13-23)21-20-10-11-26(22(20)25-14-24-21)29(27,28)19-8-4-15(2)5-9-19/h4-12,14H,3H2,1-2H3. The minimum atomic E-state index is -3.79. The van der Waals surface area contributed by atoms with Crippen LogP contribution in [0.4, 0.5) is 0 Å². The Hall–Kier alpha value is -3.50. The fourth-order valence-corrected chi connectivity index (χ4v) is 4.61. The van der Waals surface area contributed by atoms with Gasteiger partial charge in [0.25, 0.3) is 10.0 Å². The third-order valence-corrected chi connectivity index (χ3v) is 6.59. The van der Waals surface area contributed by atoms with Crippen LogP contribution in [-0.4, -0.2) is 22.4 Å². The summed E-state index contributed by atoms with van der Waals surface area (Å²) in [6.45, 7) is 3.90. The molecule has 0 unspecified atom stereocenters. The second-order valence-electron chi connectivity index (χ2n) is 6.73. The lowest BCUT2D eigenvalue weighted by Crippen LogP contribution is -2.12. The van der Waals surface area contributed by atoms with E-state index in [1.807, 2.05) is 26.0 Å². The first kappa shape index (κ1) is 18.8. The molecule has 7 heteroatoms. The van der Waals surface area contributed by atoms with Gasteiger partial charge in [-0.05, 0) is 43.2 Å². The molecule has 0 amide bonds. The summed E-state index contributed by atoms with van der Waals surface area (Å²) in [6.07, 6.45) is 3.59. The number of nitrogens with zero attached hydrogens (tertiary/aromatic N) is 4. The third kappa shape index (κ3) is 3.18. The second-order valence-corrected chi connectivity index (χ2v) is 8.54. The van der Waals surface area contributed by atoms with Crippen LogP contribution in [0, 0.1) is 18.3 Å². The molecule has 0 fully saturated rings. The zero-order chi connectivity index (χ0) is 20.6.